The summed E-state index contributed by atoms with van der Waals surface area (Å²) in [5.74, 6) is -0.125. The topological polar surface area (TPSA) is 50.4 Å². The lowest BCUT2D eigenvalue weighted by Gasteiger charge is -2.10. The molecule has 84 valence electrons. The highest BCUT2D eigenvalue weighted by atomic mass is 32.1. The van der Waals surface area contributed by atoms with E-state index in [4.69, 9.17) is 9.52 Å². The van der Waals surface area contributed by atoms with Crippen LogP contribution in [0.3, 0.4) is 0 Å². The van der Waals surface area contributed by atoms with Crippen LogP contribution in [0, 0.1) is 0 Å². The van der Waals surface area contributed by atoms with E-state index in [2.05, 4.69) is 0 Å². The standard InChI is InChI=1S/C12H12O3S/c13-12(14)8-9(11-4-1-5-15-11)7-10-3-2-6-16-10/h1-6,9H,7-8H2,(H,13,14). The molecule has 0 aromatic carbocycles. The van der Waals surface area contributed by atoms with Gasteiger partial charge in [0, 0.05) is 10.8 Å². The summed E-state index contributed by atoms with van der Waals surface area (Å²) in [6, 6.07) is 7.61. The monoisotopic (exact) mass is 236 g/mol. The molecule has 0 fully saturated rings. The fourth-order valence-electron chi connectivity index (χ4n) is 1.68. The van der Waals surface area contributed by atoms with Gasteiger partial charge in [0.05, 0.1) is 12.7 Å². The number of rotatable bonds is 5. The molecule has 4 heteroatoms. The van der Waals surface area contributed by atoms with Gasteiger partial charge in [0.25, 0.3) is 0 Å². The lowest BCUT2D eigenvalue weighted by atomic mass is 9.98. The second-order valence-corrected chi connectivity index (χ2v) is 4.63. The third kappa shape index (κ3) is 2.73. The molecule has 1 N–H and O–H groups in total. The van der Waals surface area contributed by atoms with E-state index in [0.717, 1.165) is 12.2 Å². The fourth-order valence-corrected chi connectivity index (χ4v) is 2.47. The summed E-state index contributed by atoms with van der Waals surface area (Å²) >= 11 is 1.64. The van der Waals surface area contributed by atoms with Crippen LogP contribution in [0.4, 0.5) is 0 Å². The Morgan fingerprint density at radius 3 is 2.88 bits per heavy atom. The van der Waals surface area contributed by atoms with Crippen molar-refractivity contribution >= 4 is 17.3 Å². The first-order valence-corrected chi connectivity index (χ1v) is 5.91. The van der Waals surface area contributed by atoms with Crippen molar-refractivity contribution in [2.24, 2.45) is 0 Å². The molecule has 0 saturated carbocycles. The van der Waals surface area contributed by atoms with Gasteiger partial charge in [-0.2, -0.15) is 0 Å². The highest BCUT2D eigenvalue weighted by molar-refractivity contribution is 7.09. The summed E-state index contributed by atoms with van der Waals surface area (Å²) in [5.41, 5.74) is 0. The Kier molecular flexibility index (Phi) is 3.41. The third-order valence-electron chi connectivity index (χ3n) is 2.39. The molecule has 2 heterocycles. The zero-order valence-electron chi connectivity index (χ0n) is 8.63. The Morgan fingerprint density at radius 2 is 2.31 bits per heavy atom. The number of thiophene rings is 1. The molecular weight excluding hydrogens is 224 g/mol. The van der Waals surface area contributed by atoms with Gasteiger partial charge in [0.1, 0.15) is 5.76 Å². The van der Waals surface area contributed by atoms with Crippen LogP contribution in [0.2, 0.25) is 0 Å². The molecule has 16 heavy (non-hydrogen) atoms. The predicted molar refractivity (Wildman–Crippen MR) is 61.7 cm³/mol. The molecule has 0 radical (unpaired) electrons. The number of carbonyl (C=O) groups is 1. The molecule has 0 bridgehead atoms. The summed E-state index contributed by atoms with van der Waals surface area (Å²) < 4.78 is 5.29. The van der Waals surface area contributed by atoms with Crippen LogP contribution in [-0.4, -0.2) is 11.1 Å². The molecule has 1 atom stereocenters. The van der Waals surface area contributed by atoms with Gasteiger partial charge in [-0.3, -0.25) is 4.79 Å². The van der Waals surface area contributed by atoms with E-state index < -0.39 is 5.97 Å². The average Bonchev–Trinajstić information content (AvgIpc) is 2.88. The van der Waals surface area contributed by atoms with Crippen molar-refractivity contribution in [1.29, 1.82) is 0 Å². The lowest BCUT2D eigenvalue weighted by molar-refractivity contribution is -0.137. The summed E-state index contributed by atoms with van der Waals surface area (Å²) in [4.78, 5) is 12.0. The van der Waals surface area contributed by atoms with Crippen LogP contribution in [0.15, 0.2) is 40.3 Å². The molecule has 2 aromatic rings. The van der Waals surface area contributed by atoms with Crippen molar-refractivity contribution in [3.8, 4) is 0 Å². The first-order valence-electron chi connectivity index (χ1n) is 5.03. The summed E-state index contributed by atoms with van der Waals surface area (Å²) in [5, 5.41) is 10.9. The van der Waals surface area contributed by atoms with E-state index in [9.17, 15) is 4.79 Å². The van der Waals surface area contributed by atoms with Crippen molar-refractivity contribution < 1.29 is 14.3 Å². The molecule has 0 spiro atoms. The van der Waals surface area contributed by atoms with E-state index in [-0.39, 0.29) is 12.3 Å². The van der Waals surface area contributed by atoms with Crippen LogP contribution in [0.5, 0.6) is 0 Å². The Balaban J connectivity index is 2.12. The van der Waals surface area contributed by atoms with E-state index in [1.807, 2.05) is 23.6 Å². The number of aliphatic carboxylic acids is 1. The van der Waals surface area contributed by atoms with Crippen molar-refractivity contribution in [3.05, 3.63) is 46.5 Å². The minimum atomic E-state index is -0.794. The van der Waals surface area contributed by atoms with Gasteiger partial charge in [0.2, 0.25) is 0 Å². The molecule has 0 aliphatic carbocycles. The number of hydrogen-bond donors (Lipinski definition) is 1. The molecule has 3 nitrogen and oxygen atoms in total. The highest BCUT2D eigenvalue weighted by Gasteiger charge is 2.19. The van der Waals surface area contributed by atoms with Crippen LogP contribution in [0.1, 0.15) is 23.0 Å². The molecule has 2 aromatic heterocycles. The Bertz CT molecular complexity index is 431. The van der Waals surface area contributed by atoms with Gasteiger partial charge in [-0.1, -0.05) is 6.07 Å². The maximum absolute atomic E-state index is 10.8. The van der Waals surface area contributed by atoms with E-state index in [1.165, 1.54) is 4.88 Å². The summed E-state index contributed by atoms with van der Waals surface area (Å²) in [6.07, 6.45) is 2.40. The lowest BCUT2D eigenvalue weighted by Crippen LogP contribution is -2.07. The zero-order chi connectivity index (χ0) is 11.4. The minimum Gasteiger partial charge on any atom is -0.481 e. The molecule has 0 aliphatic rings. The second-order valence-electron chi connectivity index (χ2n) is 3.59. The maximum atomic E-state index is 10.8. The van der Waals surface area contributed by atoms with Crippen LogP contribution < -0.4 is 0 Å². The molecular formula is C12H12O3S. The van der Waals surface area contributed by atoms with Crippen LogP contribution in [0.25, 0.3) is 0 Å². The Hall–Kier alpha value is -1.55. The second kappa shape index (κ2) is 4.99. The van der Waals surface area contributed by atoms with Gasteiger partial charge < -0.3 is 9.52 Å². The first kappa shape index (κ1) is 11.0. The minimum absolute atomic E-state index is 0.0776. The maximum Gasteiger partial charge on any atom is 0.304 e. The average molecular weight is 236 g/mol. The molecule has 2 rings (SSSR count). The normalized spacial score (nSPS) is 12.5. The zero-order valence-corrected chi connectivity index (χ0v) is 9.44. The molecule has 0 amide bonds. The van der Waals surface area contributed by atoms with E-state index in [0.29, 0.717) is 0 Å². The van der Waals surface area contributed by atoms with Crippen molar-refractivity contribution in [2.45, 2.75) is 18.8 Å². The van der Waals surface area contributed by atoms with Crippen molar-refractivity contribution in [3.63, 3.8) is 0 Å². The van der Waals surface area contributed by atoms with Crippen LogP contribution >= 0.6 is 11.3 Å². The van der Waals surface area contributed by atoms with Gasteiger partial charge in [-0.15, -0.1) is 11.3 Å². The van der Waals surface area contributed by atoms with E-state index >= 15 is 0 Å². The number of carboxylic acid groups (broad SMARTS) is 1. The predicted octanol–water partition coefficient (Wildman–Crippen LogP) is 3.14. The first-order chi connectivity index (χ1) is 7.75. The molecule has 1 unspecified atom stereocenters. The van der Waals surface area contributed by atoms with Crippen LogP contribution in [-0.2, 0) is 11.2 Å². The van der Waals surface area contributed by atoms with Gasteiger partial charge in [-0.05, 0) is 30.0 Å². The largest absolute Gasteiger partial charge is 0.481 e. The Morgan fingerprint density at radius 1 is 1.44 bits per heavy atom. The Labute approximate surface area is 97.3 Å². The van der Waals surface area contributed by atoms with Crippen molar-refractivity contribution in [1.82, 2.24) is 0 Å². The quantitative estimate of drug-likeness (QED) is 0.867. The number of hydrogen-bond acceptors (Lipinski definition) is 3. The molecule has 0 aliphatic heterocycles. The number of furan rings is 1. The summed E-state index contributed by atoms with van der Waals surface area (Å²) in [7, 11) is 0. The SMILES string of the molecule is O=C(O)CC(Cc1cccs1)c1ccco1. The van der Waals surface area contributed by atoms with E-state index in [1.54, 1.807) is 23.7 Å². The summed E-state index contributed by atoms with van der Waals surface area (Å²) in [6.45, 7) is 0. The smallest absolute Gasteiger partial charge is 0.304 e. The molecule has 0 saturated heterocycles. The van der Waals surface area contributed by atoms with Gasteiger partial charge >= 0.3 is 5.97 Å². The van der Waals surface area contributed by atoms with Gasteiger partial charge in [-0.25, -0.2) is 0 Å². The van der Waals surface area contributed by atoms with Gasteiger partial charge in [0.15, 0.2) is 0 Å². The third-order valence-corrected chi connectivity index (χ3v) is 3.29. The number of carboxylic acids is 1. The van der Waals surface area contributed by atoms with Crippen molar-refractivity contribution in [2.75, 3.05) is 0 Å². The highest BCUT2D eigenvalue weighted by Crippen LogP contribution is 2.26. The fraction of sp³-hybridized carbons (Fsp3) is 0.250.